The van der Waals surface area contributed by atoms with Crippen molar-refractivity contribution in [1.82, 2.24) is 16.0 Å². The number of nitrogens with two attached hydrogens (primary N) is 1. The van der Waals surface area contributed by atoms with Crippen LogP contribution < -0.4 is 40.6 Å². The fourth-order valence-electron chi connectivity index (χ4n) is 12.7. The number of carbonyl (C=O) groups excluding carboxylic acids is 3. The third-order valence-electron chi connectivity index (χ3n) is 20.6. The van der Waals surface area contributed by atoms with Crippen LogP contribution in [-0.2, 0) is 43.7 Å². The molecule has 4 fully saturated rings. The summed E-state index contributed by atoms with van der Waals surface area (Å²) in [5.41, 5.74) is 4.31. The lowest BCUT2D eigenvalue weighted by Crippen LogP contribution is -2.46. The van der Waals surface area contributed by atoms with Gasteiger partial charge < -0.3 is 64.7 Å². The second kappa shape index (κ2) is 41.5. The van der Waals surface area contributed by atoms with Crippen LogP contribution in [0.5, 0.6) is 46.0 Å². The van der Waals surface area contributed by atoms with Gasteiger partial charge in [0.1, 0.15) is 46.0 Å². The summed E-state index contributed by atoms with van der Waals surface area (Å²) in [6, 6.07) is 59.9. The number of carboxylic acid groups (broad SMARTS) is 1. The quantitative estimate of drug-likeness (QED) is 0.0475. The molecule has 0 aromatic heterocycles. The van der Waals surface area contributed by atoms with Crippen molar-refractivity contribution in [2.45, 2.75) is 76.6 Å². The molecule has 2 unspecified atom stereocenters. The van der Waals surface area contributed by atoms with Crippen LogP contribution in [0.3, 0.4) is 0 Å². The largest absolute Gasteiger partial charge is 0.478 e. The van der Waals surface area contributed by atoms with Crippen LogP contribution in [0.2, 0.25) is 0 Å². The molecular formula is C93H85F13N4O13S. The Hall–Kier alpha value is -12.0. The summed E-state index contributed by atoms with van der Waals surface area (Å²) < 4.78 is 206. The van der Waals surface area contributed by atoms with Gasteiger partial charge in [-0.2, -0.15) is 56.6 Å². The molecule has 0 saturated carbocycles. The average molecular weight is 1750 g/mol. The smallest absolute Gasteiger partial charge is 0.416 e. The van der Waals surface area contributed by atoms with E-state index in [1.54, 1.807) is 115 Å². The number of hydrogen-bond donors (Lipinski definition) is 5. The highest BCUT2D eigenvalue weighted by atomic mass is 32.2. The summed E-state index contributed by atoms with van der Waals surface area (Å²) >= 11 is 0.250. The van der Waals surface area contributed by atoms with Gasteiger partial charge in [-0.15, -0.1) is 0 Å². The van der Waals surface area contributed by atoms with E-state index in [4.69, 9.17) is 48.7 Å². The number of aromatic carboxylic acids is 1. The molecule has 0 spiro atoms. The number of carboxylic acids is 1. The number of benzene rings is 12. The minimum atomic E-state index is -4.40. The molecule has 17 nitrogen and oxygen atoms in total. The predicted molar refractivity (Wildman–Crippen MR) is 445 cm³/mol. The molecule has 12 aromatic rings. The van der Waals surface area contributed by atoms with Gasteiger partial charge in [0, 0.05) is 104 Å². The minimum Gasteiger partial charge on any atom is -0.478 e. The Morgan fingerprint density at radius 2 is 0.556 bits per heavy atom. The molecule has 31 heteroatoms. The van der Waals surface area contributed by atoms with Crippen molar-refractivity contribution in [1.29, 1.82) is 0 Å². The van der Waals surface area contributed by atoms with Crippen molar-refractivity contribution in [2.24, 2.45) is 29.4 Å². The summed E-state index contributed by atoms with van der Waals surface area (Å²) in [5.74, 6) is 3.21. The third kappa shape index (κ3) is 25.1. The molecule has 16 rings (SSSR count). The van der Waals surface area contributed by atoms with Crippen LogP contribution in [0.25, 0.3) is 43.1 Å². The van der Waals surface area contributed by atoms with Crippen molar-refractivity contribution in [3.63, 3.8) is 0 Å². The molecular weight excluding hydrogens is 1660 g/mol. The van der Waals surface area contributed by atoms with E-state index in [9.17, 15) is 75.7 Å². The highest BCUT2D eigenvalue weighted by Gasteiger charge is 2.35. The Kier molecular flexibility index (Phi) is 31.0. The number of carbonyl (C=O) groups is 4. The first-order valence-electron chi connectivity index (χ1n) is 38.9. The fraction of sp³-hybridized carbons (Fsp3) is 0.269. The topological polar surface area (TPSA) is 224 Å². The van der Waals surface area contributed by atoms with E-state index in [0.29, 0.717) is 137 Å². The molecule has 3 amide bonds. The molecule has 12 aromatic carbocycles. The lowest BCUT2D eigenvalue weighted by atomic mass is 9.99. The molecule has 4 atom stereocenters. The zero-order valence-electron chi connectivity index (χ0n) is 67.1. The highest BCUT2D eigenvalue weighted by molar-refractivity contribution is 7.93. The van der Waals surface area contributed by atoms with Crippen LogP contribution in [0, 0.1) is 23.7 Å². The molecule has 4 aliphatic heterocycles. The number of alkyl halides is 12. The van der Waals surface area contributed by atoms with Crippen LogP contribution in [0.15, 0.2) is 243 Å². The van der Waals surface area contributed by atoms with Gasteiger partial charge in [0.15, 0.2) is 0 Å². The Labute approximate surface area is 708 Å². The van der Waals surface area contributed by atoms with E-state index in [1.807, 2.05) is 45.9 Å². The number of rotatable bonds is 19. The van der Waals surface area contributed by atoms with Crippen LogP contribution in [-0.4, -0.2) is 112 Å². The number of ether oxygens (including phenoxy) is 8. The maximum absolute atomic E-state index is 12.7. The lowest BCUT2D eigenvalue weighted by molar-refractivity contribution is -0.138. The number of nitrogens with one attached hydrogen (secondary N) is 3. The summed E-state index contributed by atoms with van der Waals surface area (Å²) in [5, 5.41) is 24.0. The second-order valence-corrected chi connectivity index (χ2v) is 29.9. The summed E-state index contributed by atoms with van der Waals surface area (Å²) in [6.07, 6.45) is -16.2. The second-order valence-electron chi connectivity index (χ2n) is 29.6. The monoisotopic (exact) mass is 1740 g/mol. The SMILES string of the molecule is CC(N)C1COC1.CC(NC(=O)c1ccc2c(Oc3ccc(C(F)(F)F)cc3)cccc2c1)C1COC1.CSF.C[C@@H](NC(=O)c1ccc2c(Oc3ccc(C(F)(F)F)cc3)cccc2c1)C1COC1.C[C@H](NC(=O)c1ccc2c(Oc3ccc(C(F)(F)F)cc3)cccc2c1)C1COC1.O=C(O)c1ccc2c(Oc3ccc(C(F)(F)F)cc3)cccc2c1. The molecule has 652 valence electrons. The van der Waals surface area contributed by atoms with E-state index >= 15 is 0 Å². The van der Waals surface area contributed by atoms with Gasteiger partial charge in [-0.05, 0) is 243 Å². The zero-order valence-corrected chi connectivity index (χ0v) is 67.9. The van der Waals surface area contributed by atoms with Gasteiger partial charge >= 0.3 is 30.7 Å². The Bertz CT molecular complexity index is 5220. The maximum atomic E-state index is 12.7. The summed E-state index contributed by atoms with van der Waals surface area (Å²) in [7, 11) is 0. The van der Waals surface area contributed by atoms with Crippen molar-refractivity contribution in [3.05, 3.63) is 287 Å². The normalized spacial score (nSPS) is 15.1. The average Bonchev–Trinajstić information content (AvgIpc) is 0.809. The first-order valence-corrected chi connectivity index (χ1v) is 40.0. The van der Waals surface area contributed by atoms with Gasteiger partial charge in [-0.1, -0.05) is 48.5 Å². The van der Waals surface area contributed by atoms with Crippen molar-refractivity contribution in [2.75, 3.05) is 59.1 Å². The van der Waals surface area contributed by atoms with E-state index in [-0.39, 0.29) is 59.3 Å². The highest BCUT2D eigenvalue weighted by Crippen LogP contribution is 2.40. The Morgan fingerprint density at radius 3 is 0.734 bits per heavy atom. The Balaban J connectivity index is 0.000000155. The van der Waals surface area contributed by atoms with Crippen molar-refractivity contribution < 1.29 is 119 Å². The van der Waals surface area contributed by atoms with Gasteiger partial charge in [-0.3, -0.25) is 14.4 Å². The van der Waals surface area contributed by atoms with Crippen LogP contribution >= 0.6 is 12.1 Å². The van der Waals surface area contributed by atoms with Crippen LogP contribution in [0.1, 0.15) is 91.4 Å². The first-order chi connectivity index (χ1) is 59.0. The number of amides is 3. The van der Waals surface area contributed by atoms with Gasteiger partial charge in [-0.25, -0.2) is 4.79 Å². The standard InChI is InChI=1S/3C23H20F3NO3.C18H11F3O3.C5H11NO.CH3FS/c3*1-14(17-12-29-13-17)27-22(28)16-5-10-20-15(11-16)3-2-4-21(20)30-19-8-6-18(7-9-19)23(24,25)26;19-18(20,21)13-5-7-14(8-6-13)24-16-3-1-2-11-10-12(17(22)23)4-9-15(11)16;1-4(6)5-2-7-3-5;1-3-2/h3*2-11,14,17H,12-13H2,1H3,(H,27,28);1-10H,(H,22,23);4-5H,2-3,6H2,1H3;1H3/t2*14-;;;;/m10..../s1. The maximum Gasteiger partial charge on any atom is 0.416 e. The molecule has 0 bridgehead atoms. The molecule has 4 aliphatic rings. The van der Waals surface area contributed by atoms with Crippen molar-refractivity contribution in [3.8, 4) is 46.0 Å². The predicted octanol–water partition coefficient (Wildman–Crippen LogP) is 22.8. The number of fused-ring (bicyclic) bond motifs is 4. The number of halogens is 13. The van der Waals surface area contributed by atoms with E-state index < -0.39 is 52.9 Å². The zero-order chi connectivity index (χ0) is 89.2. The van der Waals surface area contributed by atoms with E-state index in [0.717, 1.165) is 94.1 Å². The number of hydrogen-bond acceptors (Lipinski definition) is 14. The molecule has 4 saturated heterocycles. The van der Waals surface area contributed by atoms with Gasteiger partial charge in [0.25, 0.3) is 17.7 Å². The van der Waals surface area contributed by atoms with Crippen LogP contribution in [0.4, 0.5) is 56.6 Å². The third-order valence-corrected chi connectivity index (χ3v) is 20.6. The molecule has 124 heavy (non-hydrogen) atoms. The van der Waals surface area contributed by atoms with E-state index in [2.05, 4.69) is 16.0 Å². The molecule has 0 aliphatic carbocycles. The summed E-state index contributed by atoms with van der Waals surface area (Å²) in [6.45, 7) is 13.6. The molecule has 0 radical (unpaired) electrons. The van der Waals surface area contributed by atoms with E-state index in [1.165, 1.54) is 66.9 Å². The fourth-order valence-corrected chi connectivity index (χ4v) is 12.7. The van der Waals surface area contributed by atoms with Crippen molar-refractivity contribution >= 4 is 78.9 Å². The summed E-state index contributed by atoms with van der Waals surface area (Å²) in [4.78, 5) is 48.7. The van der Waals surface area contributed by atoms with Gasteiger partial charge in [0.05, 0.1) is 80.7 Å². The first kappa shape index (κ1) is 92.7. The Morgan fingerprint density at radius 1 is 0.347 bits per heavy atom. The van der Waals surface area contributed by atoms with Gasteiger partial charge in [0.2, 0.25) is 0 Å². The molecule has 6 N–H and O–H groups in total. The lowest BCUT2D eigenvalue weighted by Gasteiger charge is -2.31. The minimum absolute atomic E-state index is 0.0243. The molecule has 4 heterocycles.